The first-order valence-corrected chi connectivity index (χ1v) is 4.85. The molecule has 0 spiro atoms. The Bertz CT molecular complexity index is 369. The van der Waals surface area contributed by atoms with Crippen molar-refractivity contribution in [1.82, 2.24) is 9.97 Å². The third-order valence-electron chi connectivity index (χ3n) is 1.88. The molecule has 1 aromatic rings. The molecule has 1 N–H and O–H groups in total. The van der Waals surface area contributed by atoms with Gasteiger partial charge in [0.2, 0.25) is 0 Å². The molecule has 0 fully saturated rings. The maximum atomic E-state index is 8.59. The van der Waals surface area contributed by atoms with Gasteiger partial charge in [-0.1, -0.05) is 0 Å². The van der Waals surface area contributed by atoms with Crippen molar-refractivity contribution in [1.29, 1.82) is 5.26 Å². The Kier molecular flexibility index (Phi) is 3.86. The summed E-state index contributed by atoms with van der Waals surface area (Å²) in [5.74, 6) is 2.26. The quantitative estimate of drug-likeness (QED) is 0.748. The fraction of sp³-hybridized carbons (Fsp3) is 0.500. The van der Waals surface area contributed by atoms with Crippen molar-refractivity contribution in [2.75, 3.05) is 30.4 Å². The number of aromatic nitrogens is 2. The van der Waals surface area contributed by atoms with Gasteiger partial charge in [0, 0.05) is 19.7 Å². The third-order valence-corrected chi connectivity index (χ3v) is 1.88. The molecule has 0 saturated carbocycles. The van der Waals surface area contributed by atoms with E-state index in [0.29, 0.717) is 12.4 Å². The third kappa shape index (κ3) is 3.09. The van der Waals surface area contributed by atoms with E-state index in [1.165, 1.54) is 0 Å². The Morgan fingerprint density at radius 3 is 2.87 bits per heavy atom. The fourth-order valence-corrected chi connectivity index (χ4v) is 1.21. The summed E-state index contributed by atoms with van der Waals surface area (Å²) >= 11 is 0. The minimum atomic E-state index is 0.321. The Morgan fingerprint density at radius 2 is 2.27 bits per heavy atom. The van der Waals surface area contributed by atoms with E-state index < -0.39 is 0 Å². The van der Waals surface area contributed by atoms with Crippen LogP contribution in [0.25, 0.3) is 0 Å². The van der Waals surface area contributed by atoms with Crippen LogP contribution in [0.5, 0.6) is 0 Å². The molecule has 0 bridgehead atoms. The van der Waals surface area contributed by atoms with Crippen LogP contribution in [0.15, 0.2) is 6.07 Å². The number of hydrogen-bond acceptors (Lipinski definition) is 5. The molecule has 0 atom stereocenters. The van der Waals surface area contributed by atoms with Crippen LogP contribution in [0.3, 0.4) is 0 Å². The highest BCUT2D eigenvalue weighted by molar-refractivity contribution is 5.49. The lowest BCUT2D eigenvalue weighted by atomic mass is 10.4. The number of hydrogen-bond donors (Lipinski definition) is 1. The van der Waals surface area contributed by atoms with Gasteiger partial charge < -0.3 is 10.2 Å². The molecule has 0 aliphatic rings. The van der Waals surface area contributed by atoms with Gasteiger partial charge in [0.25, 0.3) is 0 Å². The Labute approximate surface area is 89.8 Å². The van der Waals surface area contributed by atoms with Crippen LogP contribution in [-0.2, 0) is 0 Å². The van der Waals surface area contributed by atoms with Gasteiger partial charge in [0.15, 0.2) is 0 Å². The molecule has 1 rings (SSSR count). The largest absolute Gasteiger partial charge is 0.370 e. The monoisotopic (exact) mass is 205 g/mol. The maximum Gasteiger partial charge on any atom is 0.134 e. The molecule has 0 saturated heterocycles. The van der Waals surface area contributed by atoms with E-state index in [9.17, 15) is 0 Å². The number of nitriles is 1. The highest BCUT2D eigenvalue weighted by Gasteiger charge is 2.05. The number of nitrogens with one attached hydrogen (secondary N) is 1. The van der Waals surface area contributed by atoms with Crippen LogP contribution < -0.4 is 10.2 Å². The lowest BCUT2D eigenvalue weighted by Crippen LogP contribution is -2.19. The van der Waals surface area contributed by atoms with Crippen molar-refractivity contribution >= 4 is 11.6 Å². The molecule has 0 aromatic carbocycles. The summed E-state index contributed by atoms with van der Waals surface area (Å²) in [6.07, 6.45) is 0. The van der Waals surface area contributed by atoms with Gasteiger partial charge in [-0.15, -0.1) is 0 Å². The SMILES string of the molecule is CCNc1cc(N(C)CC#N)nc(C)n1. The van der Waals surface area contributed by atoms with E-state index in [0.717, 1.165) is 18.2 Å². The van der Waals surface area contributed by atoms with Gasteiger partial charge in [-0.05, 0) is 13.8 Å². The van der Waals surface area contributed by atoms with Gasteiger partial charge in [-0.2, -0.15) is 5.26 Å². The molecule has 0 aliphatic heterocycles. The van der Waals surface area contributed by atoms with Gasteiger partial charge in [-0.25, -0.2) is 9.97 Å². The molecular weight excluding hydrogens is 190 g/mol. The van der Waals surface area contributed by atoms with E-state index in [2.05, 4.69) is 21.4 Å². The van der Waals surface area contributed by atoms with Crippen molar-refractivity contribution in [2.45, 2.75) is 13.8 Å². The van der Waals surface area contributed by atoms with Crippen molar-refractivity contribution in [3.8, 4) is 6.07 Å². The van der Waals surface area contributed by atoms with Crippen molar-refractivity contribution < 1.29 is 0 Å². The zero-order chi connectivity index (χ0) is 11.3. The van der Waals surface area contributed by atoms with Crippen LogP contribution in [0.2, 0.25) is 0 Å². The Hall–Kier alpha value is -1.83. The van der Waals surface area contributed by atoms with Gasteiger partial charge in [-0.3, -0.25) is 0 Å². The van der Waals surface area contributed by atoms with Gasteiger partial charge >= 0.3 is 0 Å². The Balaban J connectivity index is 2.93. The summed E-state index contributed by atoms with van der Waals surface area (Å²) in [5.41, 5.74) is 0. The van der Waals surface area contributed by atoms with Crippen LogP contribution in [0.4, 0.5) is 11.6 Å². The molecule has 0 amide bonds. The number of anilines is 2. The first kappa shape index (κ1) is 11.2. The molecule has 1 heterocycles. The molecule has 0 unspecified atom stereocenters. The average molecular weight is 205 g/mol. The highest BCUT2D eigenvalue weighted by Crippen LogP contribution is 2.13. The summed E-state index contributed by atoms with van der Waals surface area (Å²) in [6.45, 7) is 4.99. The fourth-order valence-electron chi connectivity index (χ4n) is 1.21. The smallest absolute Gasteiger partial charge is 0.134 e. The van der Waals surface area contributed by atoms with Crippen molar-refractivity contribution in [3.05, 3.63) is 11.9 Å². The van der Waals surface area contributed by atoms with E-state index in [1.807, 2.05) is 27.0 Å². The summed E-state index contributed by atoms with van der Waals surface area (Å²) in [5, 5.41) is 11.7. The highest BCUT2D eigenvalue weighted by atomic mass is 15.2. The van der Waals surface area contributed by atoms with Crippen LogP contribution in [0.1, 0.15) is 12.7 Å². The summed E-state index contributed by atoms with van der Waals surface area (Å²) in [4.78, 5) is 10.3. The van der Waals surface area contributed by atoms with Crippen LogP contribution >= 0.6 is 0 Å². The first-order chi connectivity index (χ1) is 7.17. The second-order valence-corrected chi connectivity index (χ2v) is 3.20. The van der Waals surface area contributed by atoms with Crippen molar-refractivity contribution in [3.63, 3.8) is 0 Å². The molecule has 5 heteroatoms. The van der Waals surface area contributed by atoms with Gasteiger partial charge in [0.05, 0.1) is 6.07 Å². The topological polar surface area (TPSA) is 64.8 Å². The Morgan fingerprint density at radius 1 is 1.53 bits per heavy atom. The molecule has 15 heavy (non-hydrogen) atoms. The second kappa shape index (κ2) is 5.15. The summed E-state index contributed by atoms with van der Waals surface area (Å²) in [7, 11) is 1.83. The van der Waals surface area contributed by atoms with E-state index in [4.69, 9.17) is 5.26 Å². The summed E-state index contributed by atoms with van der Waals surface area (Å²) in [6, 6.07) is 3.92. The predicted molar refractivity (Wildman–Crippen MR) is 59.8 cm³/mol. The average Bonchev–Trinajstić information content (AvgIpc) is 2.17. The van der Waals surface area contributed by atoms with Crippen LogP contribution in [-0.4, -0.2) is 30.1 Å². The second-order valence-electron chi connectivity index (χ2n) is 3.20. The maximum absolute atomic E-state index is 8.59. The minimum Gasteiger partial charge on any atom is -0.370 e. The van der Waals surface area contributed by atoms with E-state index >= 15 is 0 Å². The molecule has 80 valence electrons. The zero-order valence-electron chi connectivity index (χ0n) is 9.28. The number of rotatable bonds is 4. The molecule has 0 radical (unpaired) electrons. The predicted octanol–water partition coefficient (Wildman–Crippen LogP) is 1.18. The van der Waals surface area contributed by atoms with Crippen molar-refractivity contribution in [2.24, 2.45) is 0 Å². The molecule has 0 aliphatic carbocycles. The number of aryl methyl sites for hydroxylation is 1. The normalized spacial score (nSPS) is 9.47. The molecular formula is C10H15N5. The van der Waals surface area contributed by atoms with Crippen LogP contribution in [0, 0.1) is 18.3 Å². The minimum absolute atomic E-state index is 0.321. The molecule has 1 aromatic heterocycles. The lowest BCUT2D eigenvalue weighted by Gasteiger charge is -2.15. The van der Waals surface area contributed by atoms with E-state index in [1.54, 1.807) is 4.90 Å². The van der Waals surface area contributed by atoms with E-state index in [-0.39, 0.29) is 0 Å². The van der Waals surface area contributed by atoms with Gasteiger partial charge in [0.1, 0.15) is 24.0 Å². The number of nitrogens with zero attached hydrogens (tertiary/aromatic N) is 4. The standard InChI is InChI=1S/C10H15N5/c1-4-12-9-7-10(14-8(2)13-9)15(3)6-5-11/h7H,4,6H2,1-3H3,(H,12,13,14). The summed E-state index contributed by atoms with van der Waals surface area (Å²) < 4.78 is 0. The first-order valence-electron chi connectivity index (χ1n) is 4.85. The lowest BCUT2D eigenvalue weighted by molar-refractivity contribution is 0.948. The zero-order valence-corrected chi connectivity index (χ0v) is 9.28. The molecule has 5 nitrogen and oxygen atoms in total.